The van der Waals surface area contributed by atoms with Crippen LogP contribution < -0.4 is 4.90 Å². The molecule has 3 aromatic rings. The first-order chi connectivity index (χ1) is 18.0. The van der Waals surface area contributed by atoms with Crippen molar-refractivity contribution in [3.63, 3.8) is 0 Å². The SMILES string of the molecule is CCc1ccccc1N1C(=O)[C@@H]2[C@H](C1=O)[C@@]1(CC)C(=O)[C@@]2(CC)C(c2ccccc2)=C1c1ccccc1. The van der Waals surface area contributed by atoms with Gasteiger partial charge >= 0.3 is 0 Å². The maximum Gasteiger partial charge on any atom is 0.239 e. The van der Waals surface area contributed by atoms with Crippen molar-refractivity contribution in [3.8, 4) is 0 Å². The maximum absolute atomic E-state index is 14.7. The number of hydrogen-bond acceptors (Lipinski definition) is 3. The topological polar surface area (TPSA) is 54.5 Å². The van der Waals surface area contributed by atoms with E-state index in [1.165, 1.54) is 4.90 Å². The van der Waals surface area contributed by atoms with Crippen LogP contribution in [0.1, 0.15) is 50.3 Å². The molecule has 2 bridgehead atoms. The molecule has 3 aromatic carbocycles. The first-order valence-electron chi connectivity index (χ1n) is 13.4. The number of amides is 2. The van der Waals surface area contributed by atoms with E-state index >= 15 is 0 Å². The number of hydrogen-bond donors (Lipinski definition) is 0. The fourth-order valence-electron chi connectivity index (χ4n) is 7.72. The number of imide groups is 1. The molecule has 4 nitrogen and oxygen atoms in total. The quantitative estimate of drug-likeness (QED) is 0.379. The molecule has 2 amide bonds. The van der Waals surface area contributed by atoms with Crippen LogP contribution in [0, 0.1) is 22.7 Å². The molecule has 1 heterocycles. The van der Waals surface area contributed by atoms with Crippen LogP contribution in [0.4, 0.5) is 5.69 Å². The van der Waals surface area contributed by atoms with Crippen LogP contribution in [0.3, 0.4) is 0 Å². The van der Waals surface area contributed by atoms with Crippen molar-refractivity contribution in [1.82, 2.24) is 0 Å². The Hall–Kier alpha value is -3.79. The lowest BCUT2D eigenvalue weighted by atomic mass is 9.60. The normalized spacial score (nSPS) is 28.4. The summed E-state index contributed by atoms with van der Waals surface area (Å²) in [4.78, 5) is 44.9. The van der Waals surface area contributed by atoms with Gasteiger partial charge in [0.25, 0.3) is 0 Å². The minimum atomic E-state index is -1.05. The lowest BCUT2D eigenvalue weighted by Crippen LogP contribution is -2.42. The summed E-state index contributed by atoms with van der Waals surface area (Å²) >= 11 is 0. The Morgan fingerprint density at radius 2 is 1.05 bits per heavy atom. The molecular weight excluding hydrogens is 458 g/mol. The molecule has 0 spiro atoms. The molecule has 2 aliphatic carbocycles. The fourth-order valence-corrected chi connectivity index (χ4v) is 7.72. The number of allylic oxidation sites excluding steroid dienone is 2. The van der Waals surface area contributed by atoms with Crippen molar-refractivity contribution in [2.24, 2.45) is 22.7 Å². The maximum atomic E-state index is 14.7. The Labute approximate surface area is 218 Å². The molecule has 186 valence electrons. The van der Waals surface area contributed by atoms with Crippen LogP contribution in [0.5, 0.6) is 0 Å². The van der Waals surface area contributed by atoms with Gasteiger partial charge in [-0.05, 0) is 53.2 Å². The number of aryl methyl sites for hydroxylation is 1. The molecule has 0 unspecified atom stereocenters. The number of carbonyl (C=O) groups is 3. The zero-order valence-corrected chi connectivity index (χ0v) is 21.5. The van der Waals surface area contributed by atoms with E-state index in [9.17, 15) is 14.4 Å². The summed E-state index contributed by atoms with van der Waals surface area (Å²) in [5.74, 6) is -1.83. The minimum absolute atomic E-state index is 0.0443. The van der Waals surface area contributed by atoms with Crippen LogP contribution in [0.15, 0.2) is 84.9 Å². The monoisotopic (exact) mass is 489 g/mol. The summed E-state index contributed by atoms with van der Waals surface area (Å²) in [5.41, 5.74) is 3.30. The predicted molar refractivity (Wildman–Crippen MR) is 145 cm³/mol. The smallest absolute Gasteiger partial charge is 0.239 e. The van der Waals surface area contributed by atoms with Crippen LogP contribution in [0.2, 0.25) is 0 Å². The van der Waals surface area contributed by atoms with Gasteiger partial charge in [0.15, 0.2) is 5.78 Å². The number of Topliss-reactive ketones (excluding diaryl/α,β-unsaturated/α-hetero) is 1. The lowest BCUT2D eigenvalue weighted by Gasteiger charge is -2.38. The number of benzene rings is 3. The largest absolute Gasteiger partial charge is 0.298 e. The van der Waals surface area contributed by atoms with E-state index in [0.717, 1.165) is 27.8 Å². The van der Waals surface area contributed by atoms with E-state index in [2.05, 4.69) is 0 Å². The van der Waals surface area contributed by atoms with E-state index in [0.29, 0.717) is 24.9 Å². The third-order valence-electron chi connectivity index (χ3n) is 9.17. The van der Waals surface area contributed by atoms with Gasteiger partial charge in [0.2, 0.25) is 11.8 Å². The van der Waals surface area contributed by atoms with Gasteiger partial charge in [0.05, 0.1) is 28.4 Å². The molecule has 1 aliphatic heterocycles. The van der Waals surface area contributed by atoms with Crippen molar-refractivity contribution in [1.29, 1.82) is 0 Å². The van der Waals surface area contributed by atoms with E-state index < -0.39 is 22.7 Å². The van der Waals surface area contributed by atoms with E-state index in [1.807, 2.05) is 106 Å². The van der Waals surface area contributed by atoms with Crippen molar-refractivity contribution in [2.75, 3.05) is 4.90 Å². The number of ketones is 1. The summed E-state index contributed by atoms with van der Waals surface area (Å²) < 4.78 is 0. The summed E-state index contributed by atoms with van der Waals surface area (Å²) in [5, 5.41) is 0. The highest BCUT2D eigenvalue weighted by molar-refractivity contribution is 6.34. The average molecular weight is 490 g/mol. The highest BCUT2D eigenvalue weighted by atomic mass is 16.2. The van der Waals surface area contributed by atoms with Crippen LogP contribution in [-0.2, 0) is 20.8 Å². The molecule has 37 heavy (non-hydrogen) atoms. The van der Waals surface area contributed by atoms with Crippen molar-refractivity contribution < 1.29 is 14.4 Å². The molecule has 0 N–H and O–H groups in total. The number of para-hydroxylation sites is 1. The molecule has 4 heteroatoms. The van der Waals surface area contributed by atoms with Crippen LogP contribution in [0.25, 0.3) is 11.1 Å². The van der Waals surface area contributed by atoms with Gasteiger partial charge in [-0.25, -0.2) is 4.90 Å². The van der Waals surface area contributed by atoms with Gasteiger partial charge in [0, 0.05) is 0 Å². The number of carbonyl (C=O) groups excluding carboxylic acids is 3. The van der Waals surface area contributed by atoms with Gasteiger partial charge in [-0.1, -0.05) is 99.6 Å². The molecule has 3 aliphatic rings. The van der Waals surface area contributed by atoms with Gasteiger partial charge in [-0.15, -0.1) is 0 Å². The first-order valence-corrected chi connectivity index (χ1v) is 13.4. The standard InChI is InChI=1S/C33H31NO3/c1-4-21-15-13-14-20-24(21)34-29(35)27-28(30(34)36)33(6-3)26(23-18-11-8-12-19-23)25(22-16-9-7-10-17-22)32(27,5-2)31(33)37/h7-20,27-28H,4-6H2,1-3H3/t27-,28+,32-,33-/m0/s1. The third-order valence-corrected chi connectivity index (χ3v) is 9.17. The highest BCUT2D eigenvalue weighted by Gasteiger charge is 2.80. The van der Waals surface area contributed by atoms with Crippen LogP contribution >= 0.6 is 0 Å². The second-order valence-electron chi connectivity index (χ2n) is 10.4. The molecule has 0 radical (unpaired) electrons. The number of rotatable bonds is 6. The zero-order valence-electron chi connectivity index (χ0n) is 21.5. The van der Waals surface area contributed by atoms with Crippen LogP contribution in [-0.4, -0.2) is 17.6 Å². The molecule has 0 aromatic heterocycles. The van der Waals surface area contributed by atoms with Gasteiger partial charge < -0.3 is 0 Å². The van der Waals surface area contributed by atoms with Crippen molar-refractivity contribution in [2.45, 2.75) is 40.0 Å². The Balaban J connectivity index is 1.67. The predicted octanol–water partition coefficient (Wildman–Crippen LogP) is 6.35. The lowest BCUT2D eigenvalue weighted by molar-refractivity contribution is -0.134. The molecule has 1 saturated carbocycles. The molecule has 1 saturated heterocycles. The average Bonchev–Trinajstić information content (AvgIpc) is 3.45. The Kier molecular flexibility index (Phi) is 5.34. The van der Waals surface area contributed by atoms with Gasteiger partial charge in [-0.2, -0.15) is 0 Å². The van der Waals surface area contributed by atoms with Gasteiger partial charge in [0.1, 0.15) is 0 Å². The van der Waals surface area contributed by atoms with Crippen molar-refractivity contribution >= 4 is 34.4 Å². The molecule has 4 atom stereocenters. The van der Waals surface area contributed by atoms with Crippen molar-refractivity contribution in [3.05, 3.63) is 102 Å². The summed E-state index contributed by atoms with van der Waals surface area (Å²) in [6, 6.07) is 27.6. The molecule has 2 fully saturated rings. The molecular formula is C33H31NO3. The van der Waals surface area contributed by atoms with E-state index in [1.54, 1.807) is 0 Å². The Morgan fingerprint density at radius 1 is 0.622 bits per heavy atom. The van der Waals surface area contributed by atoms with Gasteiger partial charge in [-0.3, -0.25) is 14.4 Å². The molecule has 6 rings (SSSR count). The Bertz CT molecular complexity index is 1370. The number of anilines is 1. The summed E-state index contributed by atoms with van der Waals surface area (Å²) in [6.45, 7) is 6.03. The van der Waals surface area contributed by atoms with E-state index in [4.69, 9.17) is 0 Å². The second kappa shape index (κ2) is 8.37. The third kappa shape index (κ3) is 2.76. The second-order valence-corrected chi connectivity index (χ2v) is 10.4. The minimum Gasteiger partial charge on any atom is -0.298 e. The first kappa shape index (κ1) is 23.6. The highest BCUT2D eigenvalue weighted by Crippen LogP contribution is 2.75. The summed E-state index contributed by atoms with van der Waals surface area (Å²) in [7, 11) is 0. The Morgan fingerprint density at radius 3 is 1.49 bits per heavy atom. The van der Waals surface area contributed by atoms with E-state index in [-0.39, 0.29) is 17.6 Å². The zero-order chi connectivity index (χ0) is 25.9. The fraction of sp³-hybridized carbons (Fsp3) is 0.303. The summed E-state index contributed by atoms with van der Waals surface area (Å²) in [6.07, 6.45) is 1.65. The number of fused-ring (bicyclic) bond motifs is 5. The number of nitrogens with zero attached hydrogens (tertiary/aromatic N) is 1.